The van der Waals surface area contributed by atoms with Crippen LogP contribution in [0.3, 0.4) is 0 Å². The van der Waals surface area contributed by atoms with E-state index in [4.69, 9.17) is 5.26 Å². The van der Waals surface area contributed by atoms with Gasteiger partial charge in [-0.1, -0.05) is 18.2 Å². The molecule has 0 unspecified atom stereocenters. The van der Waals surface area contributed by atoms with Gasteiger partial charge in [0.15, 0.2) is 6.19 Å². The third kappa shape index (κ3) is 3.01. The van der Waals surface area contributed by atoms with Crippen molar-refractivity contribution in [2.24, 2.45) is 0 Å². The average molecular weight is 197 g/mol. The van der Waals surface area contributed by atoms with Crippen molar-refractivity contribution in [2.75, 3.05) is 4.72 Å². The molecule has 0 saturated carbocycles. The van der Waals surface area contributed by atoms with Crippen LogP contribution in [0.2, 0.25) is 0 Å². The van der Waals surface area contributed by atoms with Crippen LogP contribution in [-0.4, -0.2) is 8.42 Å². The molecule has 0 bridgehead atoms. The van der Waals surface area contributed by atoms with Crippen molar-refractivity contribution in [1.82, 2.24) is 4.72 Å². The number of nitrogens with one attached hydrogen (secondary N) is 2. The predicted molar refractivity (Wildman–Crippen MR) is 47.7 cm³/mol. The first kappa shape index (κ1) is 9.35. The molecule has 0 spiro atoms. The van der Waals surface area contributed by atoms with Gasteiger partial charge in [0.2, 0.25) is 0 Å². The third-order valence-corrected chi connectivity index (χ3v) is 2.07. The second-order valence-corrected chi connectivity index (χ2v) is 3.60. The summed E-state index contributed by atoms with van der Waals surface area (Å²) in [6.07, 6.45) is 1.33. The Kier molecular flexibility index (Phi) is 2.72. The van der Waals surface area contributed by atoms with E-state index >= 15 is 0 Å². The molecule has 5 nitrogen and oxygen atoms in total. The summed E-state index contributed by atoms with van der Waals surface area (Å²) in [7, 11) is -3.75. The van der Waals surface area contributed by atoms with Crippen molar-refractivity contribution in [3.63, 3.8) is 0 Å². The zero-order chi connectivity index (χ0) is 9.73. The Morgan fingerprint density at radius 3 is 2.38 bits per heavy atom. The maximum atomic E-state index is 11.0. The number of nitrogens with zero attached hydrogens (tertiary/aromatic N) is 1. The lowest BCUT2D eigenvalue weighted by molar-refractivity contribution is 0.596. The number of anilines is 1. The Balaban J connectivity index is 2.77. The molecule has 0 fully saturated rings. The van der Waals surface area contributed by atoms with E-state index in [1.54, 1.807) is 35.1 Å². The lowest BCUT2D eigenvalue weighted by Crippen LogP contribution is -2.25. The third-order valence-electron chi connectivity index (χ3n) is 1.21. The van der Waals surface area contributed by atoms with E-state index in [-0.39, 0.29) is 0 Å². The van der Waals surface area contributed by atoms with Crippen molar-refractivity contribution in [2.45, 2.75) is 0 Å². The van der Waals surface area contributed by atoms with Crippen LogP contribution >= 0.6 is 0 Å². The maximum Gasteiger partial charge on any atom is 0.329 e. The second kappa shape index (κ2) is 3.78. The molecule has 68 valence electrons. The Bertz CT molecular complexity index is 407. The van der Waals surface area contributed by atoms with Gasteiger partial charge in [0.05, 0.1) is 5.69 Å². The summed E-state index contributed by atoms with van der Waals surface area (Å²) in [5.41, 5.74) is 0.408. The molecule has 0 aliphatic rings. The molecule has 0 aliphatic heterocycles. The fourth-order valence-corrected chi connectivity index (χ4v) is 1.36. The van der Waals surface area contributed by atoms with Crippen LogP contribution in [0.15, 0.2) is 30.3 Å². The first-order chi connectivity index (χ1) is 6.14. The zero-order valence-electron chi connectivity index (χ0n) is 6.56. The molecule has 0 heterocycles. The molecule has 1 aromatic rings. The van der Waals surface area contributed by atoms with Crippen LogP contribution in [-0.2, 0) is 10.2 Å². The number of para-hydroxylation sites is 1. The highest BCUT2D eigenvalue weighted by atomic mass is 32.2. The van der Waals surface area contributed by atoms with Crippen LogP contribution in [0, 0.1) is 11.5 Å². The van der Waals surface area contributed by atoms with Gasteiger partial charge in [0.1, 0.15) is 0 Å². The van der Waals surface area contributed by atoms with Gasteiger partial charge < -0.3 is 0 Å². The largest absolute Gasteiger partial charge is 0.329 e. The fraction of sp³-hybridized carbons (Fsp3) is 0. The summed E-state index contributed by atoms with van der Waals surface area (Å²) in [5, 5.41) is 8.10. The Morgan fingerprint density at radius 1 is 1.23 bits per heavy atom. The van der Waals surface area contributed by atoms with Gasteiger partial charge >= 0.3 is 10.2 Å². The van der Waals surface area contributed by atoms with Gasteiger partial charge in [-0.15, -0.1) is 0 Å². The highest BCUT2D eigenvalue weighted by Crippen LogP contribution is 2.05. The normalized spacial score (nSPS) is 10.1. The second-order valence-electron chi connectivity index (χ2n) is 2.19. The molecule has 1 rings (SSSR count). The summed E-state index contributed by atoms with van der Waals surface area (Å²) in [5.74, 6) is 0. The van der Waals surface area contributed by atoms with E-state index in [0.717, 1.165) is 0 Å². The minimum absolute atomic E-state index is 0.408. The highest BCUT2D eigenvalue weighted by Gasteiger charge is 2.06. The van der Waals surface area contributed by atoms with E-state index in [1.807, 2.05) is 0 Å². The molecule has 6 heteroatoms. The molecule has 0 saturated heterocycles. The Hall–Kier alpha value is -1.74. The standard InChI is InChI=1S/C7H7N3O2S/c8-6-9-13(11,12)10-7-4-2-1-3-5-7/h1-5,9-10H. The zero-order valence-corrected chi connectivity index (χ0v) is 7.38. The maximum absolute atomic E-state index is 11.0. The summed E-state index contributed by atoms with van der Waals surface area (Å²) in [6.45, 7) is 0. The average Bonchev–Trinajstić information content (AvgIpc) is 2.04. The van der Waals surface area contributed by atoms with E-state index in [9.17, 15) is 8.42 Å². The number of hydrogen-bond donors (Lipinski definition) is 2. The van der Waals surface area contributed by atoms with Crippen LogP contribution in [0.1, 0.15) is 0 Å². The minimum atomic E-state index is -3.75. The number of rotatable bonds is 3. The molecule has 0 radical (unpaired) electrons. The fourth-order valence-electron chi connectivity index (χ4n) is 0.747. The first-order valence-electron chi connectivity index (χ1n) is 3.38. The van der Waals surface area contributed by atoms with Gasteiger partial charge in [-0.3, -0.25) is 4.72 Å². The van der Waals surface area contributed by atoms with Crippen molar-refractivity contribution >= 4 is 15.9 Å². The molecule has 0 aromatic heterocycles. The molecule has 13 heavy (non-hydrogen) atoms. The van der Waals surface area contributed by atoms with Crippen LogP contribution in [0.25, 0.3) is 0 Å². The number of benzene rings is 1. The van der Waals surface area contributed by atoms with Crippen LogP contribution in [0.4, 0.5) is 5.69 Å². The lowest BCUT2D eigenvalue weighted by atomic mass is 10.3. The molecule has 2 N–H and O–H groups in total. The van der Waals surface area contributed by atoms with E-state index < -0.39 is 10.2 Å². The molecular weight excluding hydrogens is 190 g/mol. The summed E-state index contributed by atoms with van der Waals surface area (Å²) in [4.78, 5) is 0. The lowest BCUT2D eigenvalue weighted by Gasteiger charge is -2.03. The monoisotopic (exact) mass is 197 g/mol. The molecule has 1 aromatic carbocycles. The van der Waals surface area contributed by atoms with Gasteiger partial charge in [0.25, 0.3) is 0 Å². The minimum Gasteiger partial charge on any atom is -0.266 e. The smallest absolute Gasteiger partial charge is 0.266 e. The SMILES string of the molecule is N#CNS(=O)(=O)Nc1ccccc1. The summed E-state index contributed by atoms with van der Waals surface area (Å²) in [6, 6.07) is 8.29. The Morgan fingerprint density at radius 2 is 1.85 bits per heavy atom. The van der Waals surface area contributed by atoms with E-state index in [0.29, 0.717) is 5.69 Å². The molecular formula is C7H7N3O2S. The van der Waals surface area contributed by atoms with Gasteiger partial charge in [0, 0.05) is 0 Å². The topological polar surface area (TPSA) is 82.0 Å². The number of nitriles is 1. The Labute approximate surface area is 76.2 Å². The summed E-state index contributed by atoms with van der Waals surface area (Å²) >= 11 is 0. The van der Waals surface area contributed by atoms with Gasteiger partial charge in [-0.25, -0.2) is 4.72 Å². The van der Waals surface area contributed by atoms with Gasteiger partial charge in [-0.05, 0) is 12.1 Å². The molecule has 0 amide bonds. The quantitative estimate of drug-likeness (QED) is 0.544. The van der Waals surface area contributed by atoms with Crippen LogP contribution in [0.5, 0.6) is 0 Å². The highest BCUT2D eigenvalue weighted by molar-refractivity contribution is 7.90. The van der Waals surface area contributed by atoms with Crippen molar-refractivity contribution < 1.29 is 8.42 Å². The molecule has 0 aliphatic carbocycles. The van der Waals surface area contributed by atoms with Crippen molar-refractivity contribution in [1.29, 1.82) is 5.26 Å². The van der Waals surface area contributed by atoms with Gasteiger partial charge in [-0.2, -0.15) is 13.7 Å². The van der Waals surface area contributed by atoms with E-state index in [2.05, 4.69) is 4.72 Å². The predicted octanol–water partition coefficient (Wildman–Crippen LogP) is 0.414. The molecule has 0 atom stereocenters. The first-order valence-corrected chi connectivity index (χ1v) is 4.86. The van der Waals surface area contributed by atoms with Crippen molar-refractivity contribution in [3.05, 3.63) is 30.3 Å². The van der Waals surface area contributed by atoms with Crippen molar-refractivity contribution in [3.8, 4) is 6.19 Å². The van der Waals surface area contributed by atoms with E-state index in [1.165, 1.54) is 6.19 Å². The number of hydrogen-bond acceptors (Lipinski definition) is 3. The van der Waals surface area contributed by atoms with Crippen LogP contribution < -0.4 is 9.44 Å². The summed E-state index contributed by atoms with van der Waals surface area (Å²) < 4.78 is 25.7.